The van der Waals surface area contributed by atoms with Gasteiger partial charge in [-0.2, -0.15) is 0 Å². The van der Waals surface area contributed by atoms with Crippen LogP contribution < -0.4 is 15.2 Å². The van der Waals surface area contributed by atoms with Gasteiger partial charge >= 0.3 is 5.97 Å². The van der Waals surface area contributed by atoms with E-state index in [0.717, 1.165) is 11.1 Å². The lowest BCUT2D eigenvalue weighted by Gasteiger charge is -2.25. The minimum Gasteiger partial charge on any atom is -0.476 e. The number of esters is 1. The molecular formula is C21H26FNO4. The summed E-state index contributed by atoms with van der Waals surface area (Å²) in [6.45, 7) is 7.62. The van der Waals surface area contributed by atoms with Crippen molar-refractivity contribution < 1.29 is 23.4 Å². The Balaban J connectivity index is 2.16. The average molecular weight is 375 g/mol. The van der Waals surface area contributed by atoms with Crippen LogP contribution in [0.4, 0.5) is 4.39 Å². The second kappa shape index (κ2) is 8.86. The summed E-state index contributed by atoms with van der Waals surface area (Å²) in [6.07, 6.45) is 0.572. The van der Waals surface area contributed by atoms with Gasteiger partial charge in [-0.15, -0.1) is 0 Å². The van der Waals surface area contributed by atoms with E-state index >= 15 is 0 Å². The van der Waals surface area contributed by atoms with Crippen molar-refractivity contribution in [2.75, 3.05) is 13.2 Å². The normalized spacial score (nSPS) is 11.2. The summed E-state index contributed by atoms with van der Waals surface area (Å²) in [4.78, 5) is 12.0. The largest absolute Gasteiger partial charge is 0.476 e. The van der Waals surface area contributed by atoms with Gasteiger partial charge in [0.05, 0.1) is 6.61 Å². The maximum Gasteiger partial charge on any atom is 0.349 e. The van der Waals surface area contributed by atoms with E-state index in [4.69, 9.17) is 19.9 Å². The quantitative estimate of drug-likeness (QED) is 0.702. The zero-order chi connectivity index (χ0) is 20.0. The first-order valence-electron chi connectivity index (χ1n) is 8.89. The topological polar surface area (TPSA) is 70.8 Å². The number of ether oxygens (including phenoxy) is 3. The zero-order valence-electron chi connectivity index (χ0n) is 16.2. The van der Waals surface area contributed by atoms with E-state index in [1.807, 2.05) is 6.92 Å². The van der Waals surface area contributed by atoms with Crippen molar-refractivity contribution in [3.05, 3.63) is 53.3 Å². The molecule has 0 unspecified atom stereocenters. The van der Waals surface area contributed by atoms with Crippen LogP contribution >= 0.6 is 0 Å². The number of halogens is 1. The molecule has 0 radical (unpaired) electrons. The van der Waals surface area contributed by atoms with Gasteiger partial charge in [-0.1, -0.05) is 0 Å². The molecule has 2 aromatic rings. The molecule has 0 aliphatic rings. The van der Waals surface area contributed by atoms with Crippen molar-refractivity contribution in [2.24, 2.45) is 5.73 Å². The Morgan fingerprint density at radius 3 is 2.52 bits per heavy atom. The first-order valence-corrected chi connectivity index (χ1v) is 8.89. The molecule has 0 saturated heterocycles. The van der Waals surface area contributed by atoms with Crippen LogP contribution in [0.15, 0.2) is 36.4 Å². The number of hydrogen-bond donors (Lipinski definition) is 1. The van der Waals surface area contributed by atoms with Crippen LogP contribution in [0.1, 0.15) is 31.9 Å². The Labute approximate surface area is 159 Å². The lowest BCUT2D eigenvalue weighted by Crippen LogP contribution is -2.39. The third kappa shape index (κ3) is 5.69. The van der Waals surface area contributed by atoms with E-state index in [0.29, 0.717) is 30.2 Å². The molecule has 0 fully saturated rings. The van der Waals surface area contributed by atoms with Gasteiger partial charge in [0, 0.05) is 6.07 Å². The fourth-order valence-corrected chi connectivity index (χ4v) is 2.55. The summed E-state index contributed by atoms with van der Waals surface area (Å²) >= 11 is 0. The molecule has 2 N–H and O–H groups in total. The smallest absolute Gasteiger partial charge is 0.349 e. The predicted octanol–water partition coefficient (Wildman–Crippen LogP) is 4.15. The van der Waals surface area contributed by atoms with E-state index in [1.54, 1.807) is 45.0 Å². The number of rotatable bonds is 8. The molecule has 0 saturated carbocycles. The van der Waals surface area contributed by atoms with Gasteiger partial charge in [0.25, 0.3) is 0 Å². The van der Waals surface area contributed by atoms with Gasteiger partial charge in [0.1, 0.15) is 23.1 Å². The number of nitrogens with two attached hydrogens (primary N) is 1. The van der Waals surface area contributed by atoms with Crippen LogP contribution in [0, 0.1) is 12.7 Å². The highest BCUT2D eigenvalue weighted by atomic mass is 19.1. The third-order valence-electron chi connectivity index (χ3n) is 3.88. The highest BCUT2D eigenvalue weighted by molar-refractivity contribution is 5.79. The fourth-order valence-electron chi connectivity index (χ4n) is 2.55. The van der Waals surface area contributed by atoms with Gasteiger partial charge in [-0.05, 0) is 82.1 Å². The molecule has 2 aromatic carbocycles. The first-order chi connectivity index (χ1) is 12.7. The molecule has 146 valence electrons. The summed E-state index contributed by atoms with van der Waals surface area (Å²) in [7, 11) is 0. The van der Waals surface area contributed by atoms with Gasteiger partial charge in [-0.3, -0.25) is 0 Å². The van der Waals surface area contributed by atoms with Gasteiger partial charge in [-0.25, -0.2) is 9.18 Å². The summed E-state index contributed by atoms with van der Waals surface area (Å²) in [5, 5.41) is 0. The molecule has 2 rings (SSSR count). The molecule has 0 aliphatic carbocycles. The van der Waals surface area contributed by atoms with E-state index < -0.39 is 11.6 Å². The second-order valence-electron chi connectivity index (χ2n) is 6.70. The van der Waals surface area contributed by atoms with E-state index in [1.165, 1.54) is 12.1 Å². The van der Waals surface area contributed by atoms with Gasteiger partial charge in [0.2, 0.25) is 0 Å². The van der Waals surface area contributed by atoms with Crippen molar-refractivity contribution in [2.45, 2.75) is 39.7 Å². The molecule has 0 aromatic heterocycles. The number of carbonyl (C=O) groups is 1. The lowest BCUT2D eigenvalue weighted by molar-refractivity contribution is -0.158. The van der Waals surface area contributed by atoms with Crippen LogP contribution in [-0.2, 0) is 16.0 Å². The molecule has 6 heteroatoms. The Bertz CT molecular complexity index is 805. The fraction of sp³-hybridized carbons (Fsp3) is 0.381. The molecule has 0 amide bonds. The zero-order valence-corrected chi connectivity index (χ0v) is 16.2. The summed E-state index contributed by atoms with van der Waals surface area (Å²) < 4.78 is 30.4. The molecule has 0 atom stereocenters. The minimum atomic E-state index is -1.11. The molecule has 27 heavy (non-hydrogen) atoms. The van der Waals surface area contributed by atoms with Crippen molar-refractivity contribution in [1.29, 1.82) is 0 Å². The molecule has 0 spiro atoms. The van der Waals surface area contributed by atoms with Crippen molar-refractivity contribution in [1.82, 2.24) is 0 Å². The molecular weight excluding hydrogens is 349 g/mol. The Morgan fingerprint density at radius 2 is 1.89 bits per heavy atom. The third-order valence-corrected chi connectivity index (χ3v) is 3.88. The number of hydrogen-bond acceptors (Lipinski definition) is 5. The van der Waals surface area contributed by atoms with E-state index in [2.05, 4.69) is 0 Å². The van der Waals surface area contributed by atoms with Crippen molar-refractivity contribution >= 4 is 5.97 Å². The van der Waals surface area contributed by atoms with Crippen LogP contribution in [0.25, 0.3) is 0 Å². The Kier molecular flexibility index (Phi) is 6.80. The van der Waals surface area contributed by atoms with Crippen molar-refractivity contribution in [3.8, 4) is 17.2 Å². The summed E-state index contributed by atoms with van der Waals surface area (Å²) in [5.74, 6) is 0.681. The van der Waals surface area contributed by atoms with E-state index in [-0.39, 0.29) is 12.4 Å². The van der Waals surface area contributed by atoms with Gasteiger partial charge in [0.15, 0.2) is 5.60 Å². The number of carbonyl (C=O) groups excluding carboxylic acids is 1. The molecule has 0 bridgehead atoms. The van der Waals surface area contributed by atoms with Crippen LogP contribution in [0.2, 0.25) is 0 Å². The summed E-state index contributed by atoms with van der Waals surface area (Å²) in [5.41, 5.74) is 5.98. The van der Waals surface area contributed by atoms with Gasteiger partial charge < -0.3 is 19.9 Å². The molecule has 0 heterocycles. The summed E-state index contributed by atoms with van der Waals surface area (Å²) in [6, 6.07) is 9.72. The average Bonchev–Trinajstić information content (AvgIpc) is 2.57. The lowest BCUT2D eigenvalue weighted by atomic mass is 10.1. The van der Waals surface area contributed by atoms with Crippen molar-refractivity contribution in [3.63, 3.8) is 0 Å². The number of aryl methyl sites for hydroxylation is 1. The van der Waals surface area contributed by atoms with Crippen LogP contribution in [0.3, 0.4) is 0 Å². The minimum absolute atomic E-state index is 0.289. The Morgan fingerprint density at radius 1 is 1.15 bits per heavy atom. The highest BCUT2D eigenvalue weighted by Gasteiger charge is 2.32. The first kappa shape index (κ1) is 20.7. The monoisotopic (exact) mass is 375 g/mol. The second-order valence-corrected chi connectivity index (χ2v) is 6.70. The van der Waals surface area contributed by atoms with Crippen LogP contribution in [0.5, 0.6) is 17.2 Å². The van der Waals surface area contributed by atoms with E-state index in [9.17, 15) is 9.18 Å². The Hall–Kier alpha value is -2.60. The molecule has 5 nitrogen and oxygen atoms in total. The number of benzene rings is 2. The maximum atomic E-state index is 13.7. The van der Waals surface area contributed by atoms with Crippen LogP contribution in [-0.4, -0.2) is 24.7 Å². The molecule has 0 aliphatic heterocycles. The SMILES string of the molecule is CCOC(=O)C(C)(C)Oc1ccc(Oc2cc(F)cc(CCN)c2)cc1C. The highest BCUT2D eigenvalue weighted by Crippen LogP contribution is 2.30. The predicted molar refractivity (Wildman–Crippen MR) is 102 cm³/mol. The maximum absolute atomic E-state index is 13.7. The standard InChI is InChI=1S/C21H26FNO4/c1-5-25-20(24)21(3,4)27-19-7-6-17(10-14(19)2)26-18-12-15(8-9-23)11-16(22)13-18/h6-7,10-13H,5,8-9,23H2,1-4H3.